The van der Waals surface area contributed by atoms with Gasteiger partial charge in [0, 0.05) is 30.9 Å². The van der Waals surface area contributed by atoms with Crippen molar-refractivity contribution in [3.63, 3.8) is 0 Å². The minimum absolute atomic E-state index is 0.152. The third kappa shape index (κ3) is 3.95. The summed E-state index contributed by atoms with van der Waals surface area (Å²) in [5.74, 6) is 0. The zero-order valence-electron chi connectivity index (χ0n) is 15.5. The summed E-state index contributed by atoms with van der Waals surface area (Å²) in [6.07, 6.45) is -2.04. The van der Waals surface area contributed by atoms with E-state index in [1.165, 1.54) is 6.07 Å². The monoisotopic (exact) mass is 375 g/mol. The van der Waals surface area contributed by atoms with Gasteiger partial charge in [0.15, 0.2) is 0 Å². The minimum atomic E-state index is -4.40. The fourth-order valence-electron chi connectivity index (χ4n) is 3.39. The first-order valence-corrected chi connectivity index (χ1v) is 9.01. The van der Waals surface area contributed by atoms with Crippen molar-refractivity contribution in [3.05, 3.63) is 53.6 Å². The van der Waals surface area contributed by atoms with Gasteiger partial charge in [-0.2, -0.15) is 13.2 Å². The van der Waals surface area contributed by atoms with E-state index in [0.717, 1.165) is 41.4 Å². The highest BCUT2D eigenvalue weighted by Crippen LogP contribution is 2.39. The number of aromatic amines is 1. The van der Waals surface area contributed by atoms with Crippen molar-refractivity contribution < 1.29 is 13.2 Å². The molecule has 0 saturated carbocycles. The summed E-state index contributed by atoms with van der Waals surface area (Å²) in [4.78, 5) is 5.05. The Morgan fingerprint density at radius 2 is 1.70 bits per heavy atom. The number of anilines is 1. The summed E-state index contributed by atoms with van der Waals surface area (Å²) in [6, 6.07) is 12.2. The van der Waals surface area contributed by atoms with Crippen molar-refractivity contribution in [2.45, 2.75) is 25.4 Å². The van der Waals surface area contributed by atoms with Crippen molar-refractivity contribution in [2.75, 3.05) is 25.5 Å². The number of benzene rings is 2. The Morgan fingerprint density at radius 3 is 2.30 bits per heavy atom. The van der Waals surface area contributed by atoms with Crippen LogP contribution >= 0.6 is 0 Å². The van der Waals surface area contributed by atoms with Crippen molar-refractivity contribution in [2.24, 2.45) is 5.73 Å². The molecule has 144 valence electrons. The molecule has 0 amide bonds. The molecule has 0 fully saturated rings. The van der Waals surface area contributed by atoms with E-state index in [0.29, 0.717) is 18.4 Å². The second-order valence-corrected chi connectivity index (χ2v) is 6.89. The summed E-state index contributed by atoms with van der Waals surface area (Å²) >= 11 is 0. The van der Waals surface area contributed by atoms with E-state index in [4.69, 9.17) is 5.73 Å². The lowest BCUT2D eigenvalue weighted by atomic mass is 9.99. The van der Waals surface area contributed by atoms with E-state index in [9.17, 15) is 13.2 Å². The second-order valence-electron chi connectivity index (χ2n) is 6.89. The molecule has 1 aromatic heterocycles. The SMILES string of the molecule is CN(C)c1ccc(-c2[nH]c3c(C(F)(F)F)cccc3c2CCCCN)cc1. The van der Waals surface area contributed by atoms with E-state index in [2.05, 4.69) is 4.98 Å². The minimum Gasteiger partial charge on any atom is -0.378 e. The zero-order valence-corrected chi connectivity index (χ0v) is 15.5. The number of hydrogen-bond donors (Lipinski definition) is 2. The third-order valence-electron chi connectivity index (χ3n) is 4.80. The highest BCUT2D eigenvalue weighted by Gasteiger charge is 2.33. The van der Waals surface area contributed by atoms with Crippen LogP contribution < -0.4 is 10.6 Å². The van der Waals surface area contributed by atoms with Crippen molar-refractivity contribution in [1.82, 2.24) is 4.98 Å². The number of para-hydroxylation sites is 1. The van der Waals surface area contributed by atoms with Gasteiger partial charge in [-0.25, -0.2) is 0 Å². The lowest BCUT2D eigenvalue weighted by molar-refractivity contribution is -0.136. The number of nitrogens with zero attached hydrogens (tertiary/aromatic N) is 1. The predicted molar refractivity (Wildman–Crippen MR) is 105 cm³/mol. The smallest absolute Gasteiger partial charge is 0.378 e. The fraction of sp³-hybridized carbons (Fsp3) is 0.333. The van der Waals surface area contributed by atoms with E-state index < -0.39 is 11.7 Å². The molecule has 3 N–H and O–H groups in total. The van der Waals surface area contributed by atoms with Crippen LogP contribution in [-0.2, 0) is 12.6 Å². The van der Waals surface area contributed by atoms with Gasteiger partial charge in [-0.3, -0.25) is 0 Å². The maximum atomic E-state index is 13.5. The Labute approximate surface area is 157 Å². The van der Waals surface area contributed by atoms with Crippen LogP contribution in [0.2, 0.25) is 0 Å². The third-order valence-corrected chi connectivity index (χ3v) is 4.80. The summed E-state index contributed by atoms with van der Waals surface area (Å²) in [7, 11) is 3.90. The number of fused-ring (bicyclic) bond motifs is 1. The topological polar surface area (TPSA) is 45.0 Å². The normalized spacial score (nSPS) is 11.9. The van der Waals surface area contributed by atoms with Gasteiger partial charge >= 0.3 is 6.18 Å². The fourth-order valence-corrected chi connectivity index (χ4v) is 3.39. The first-order chi connectivity index (χ1) is 12.8. The number of nitrogens with one attached hydrogen (secondary N) is 1. The van der Waals surface area contributed by atoms with Gasteiger partial charge in [0.2, 0.25) is 0 Å². The average Bonchev–Trinajstić information content (AvgIpc) is 3.00. The Bertz CT molecular complexity index is 909. The van der Waals surface area contributed by atoms with Crippen molar-refractivity contribution in [3.8, 4) is 11.3 Å². The van der Waals surface area contributed by atoms with E-state index in [1.54, 1.807) is 6.07 Å². The van der Waals surface area contributed by atoms with Crippen LogP contribution in [-0.4, -0.2) is 25.6 Å². The molecule has 0 saturated heterocycles. The zero-order chi connectivity index (χ0) is 19.6. The van der Waals surface area contributed by atoms with E-state index >= 15 is 0 Å². The highest BCUT2D eigenvalue weighted by atomic mass is 19.4. The summed E-state index contributed by atoms with van der Waals surface area (Å²) in [5, 5.41) is 0.633. The predicted octanol–water partition coefficient (Wildman–Crippen LogP) is 5.20. The lowest BCUT2D eigenvalue weighted by Gasteiger charge is -2.13. The van der Waals surface area contributed by atoms with E-state index in [-0.39, 0.29) is 5.52 Å². The van der Waals surface area contributed by atoms with Crippen molar-refractivity contribution >= 4 is 16.6 Å². The van der Waals surface area contributed by atoms with Gasteiger partial charge in [0.1, 0.15) is 0 Å². The molecule has 6 heteroatoms. The number of H-pyrrole nitrogens is 1. The van der Waals surface area contributed by atoms with Crippen molar-refractivity contribution in [1.29, 1.82) is 0 Å². The number of hydrogen-bond acceptors (Lipinski definition) is 2. The first kappa shape index (κ1) is 19.3. The second kappa shape index (κ2) is 7.64. The Hall–Kier alpha value is -2.47. The molecule has 0 aliphatic heterocycles. The Morgan fingerprint density at radius 1 is 1.00 bits per heavy atom. The quantitative estimate of drug-likeness (QED) is 0.582. The van der Waals surface area contributed by atoms with Gasteiger partial charge in [-0.05, 0) is 55.1 Å². The molecule has 1 heterocycles. The van der Waals surface area contributed by atoms with Crippen LogP contribution in [0.25, 0.3) is 22.2 Å². The first-order valence-electron chi connectivity index (χ1n) is 9.01. The van der Waals surface area contributed by atoms with Crippen LogP contribution in [0.5, 0.6) is 0 Å². The highest BCUT2D eigenvalue weighted by molar-refractivity contribution is 5.93. The molecule has 3 rings (SSSR count). The molecular formula is C21H24F3N3. The molecule has 0 bridgehead atoms. The molecule has 0 radical (unpaired) electrons. The van der Waals surface area contributed by atoms with Gasteiger partial charge in [0.25, 0.3) is 0 Å². The van der Waals surface area contributed by atoms with Gasteiger partial charge in [-0.15, -0.1) is 0 Å². The van der Waals surface area contributed by atoms with E-state index in [1.807, 2.05) is 43.3 Å². The number of rotatable bonds is 6. The molecule has 0 spiro atoms. The number of aryl methyl sites for hydroxylation is 1. The molecule has 27 heavy (non-hydrogen) atoms. The van der Waals surface area contributed by atoms with Crippen LogP contribution in [0.3, 0.4) is 0 Å². The Balaban J connectivity index is 2.16. The summed E-state index contributed by atoms with van der Waals surface area (Å²) in [5.41, 5.74) is 8.71. The average molecular weight is 375 g/mol. The number of aromatic nitrogens is 1. The summed E-state index contributed by atoms with van der Waals surface area (Å²) in [6.45, 7) is 0.572. The largest absolute Gasteiger partial charge is 0.418 e. The van der Waals surface area contributed by atoms with Crippen LogP contribution in [0.4, 0.5) is 18.9 Å². The molecular weight excluding hydrogens is 351 g/mol. The molecule has 3 aromatic rings. The van der Waals surface area contributed by atoms with Gasteiger partial charge < -0.3 is 15.6 Å². The molecule has 0 atom stereocenters. The number of halogens is 3. The molecule has 0 aliphatic rings. The molecule has 3 nitrogen and oxygen atoms in total. The van der Waals surface area contributed by atoms with Gasteiger partial charge in [0.05, 0.1) is 11.1 Å². The Kier molecular flexibility index (Phi) is 5.46. The number of unbranched alkanes of at least 4 members (excludes halogenated alkanes) is 1. The summed E-state index contributed by atoms with van der Waals surface area (Å²) < 4.78 is 40.4. The standard InChI is InChI=1S/C21H24F3N3/c1-27(2)15-11-9-14(10-12-15)19-16(6-3-4-13-25)17-7-5-8-18(20(17)26-19)21(22,23)24/h5,7-12,26H,3-4,6,13,25H2,1-2H3. The van der Waals surface area contributed by atoms with Crippen LogP contribution in [0.15, 0.2) is 42.5 Å². The lowest BCUT2D eigenvalue weighted by Crippen LogP contribution is -2.08. The number of alkyl halides is 3. The van der Waals surface area contributed by atoms with Gasteiger partial charge in [-0.1, -0.05) is 24.3 Å². The van der Waals surface area contributed by atoms with Crippen LogP contribution in [0, 0.1) is 0 Å². The maximum Gasteiger partial charge on any atom is 0.418 e. The van der Waals surface area contributed by atoms with Crippen LogP contribution in [0.1, 0.15) is 24.0 Å². The molecule has 0 aliphatic carbocycles. The molecule has 2 aromatic carbocycles. The maximum absolute atomic E-state index is 13.5. The number of nitrogens with two attached hydrogens (primary N) is 1. The molecule has 0 unspecified atom stereocenters.